The van der Waals surface area contributed by atoms with E-state index in [4.69, 9.17) is 4.98 Å². The van der Waals surface area contributed by atoms with Gasteiger partial charge in [-0.25, -0.2) is 9.97 Å². The fraction of sp³-hybridized carbons (Fsp3) is 0.600. The Morgan fingerprint density at radius 3 is 2.62 bits per heavy atom. The first-order chi connectivity index (χ1) is 9.97. The van der Waals surface area contributed by atoms with Crippen LogP contribution in [0.4, 0.5) is 5.13 Å². The van der Waals surface area contributed by atoms with Crippen molar-refractivity contribution in [3.8, 4) is 0 Å². The van der Waals surface area contributed by atoms with Gasteiger partial charge in [0.05, 0.1) is 23.4 Å². The maximum absolute atomic E-state index is 4.85. The lowest BCUT2D eigenvalue weighted by molar-refractivity contribution is 0.588. The molecule has 0 atom stereocenters. The van der Waals surface area contributed by atoms with Crippen LogP contribution in [0.3, 0.4) is 0 Å². The molecule has 0 aliphatic carbocycles. The molecule has 1 N–H and O–H groups in total. The van der Waals surface area contributed by atoms with E-state index in [0.29, 0.717) is 12.0 Å². The Morgan fingerprint density at radius 1 is 1.29 bits per heavy atom. The summed E-state index contributed by atoms with van der Waals surface area (Å²) in [7, 11) is 2.09. The van der Waals surface area contributed by atoms with Crippen molar-refractivity contribution in [1.82, 2.24) is 15.3 Å². The Kier molecular flexibility index (Phi) is 5.72. The Hall–Kier alpha value is -0.980. The van der Waals surface area contributed by atoms with Crippen molar-refractivity contribution < 1.29 is 0 Å². The zero-order chi connectivity index (χ0) is 15.4. The highest BCUT2D eigenvalue weighted by Crippen LogP contribution is 2.31. The van der Waals surface area contributed by atoms with Gasteiger partial charge in [0, 0.05) is 29.9 Å². The molecule has 2 aromatic heterocycles. The van der Waals surface area contributed by atoms with E-state index in [-0.39, 0.29) is 0 Å². The van der Waals surface area contributed by atoms with Crippen molar-refractivity contribution in [2.24, 2.45) is 0 Å². The molecule has 0 aliphatic rings. The number of nitrogens with zero attached hydrogens (tertiary/aromatic N) is 3. The van der Waals surface area contributed by atoms with Gasteiger partial charge in [-0.1, -0.05) is 27.7 Å². The topological polar surface area (TPSA) is 41.0 Å². The predicted molar refractivity (Wildman–Crippen MR) is 92.4 cm³/mol. The smallest absolute Gasteiger partial charge is 0.185 e. The second-order valence-electron chi connectivity index (χ2n) is 5.83. The van der Waals surface area contributed by atoms with Gasteiger partial charge in [0.25, 0.3) is 0 Å². The SMILES string of the molecule is CC(C)NCc1sc(N(C)Cc2cscn2)nc1C(C)C. The van der Waals surface area contributed by atoms with Gasteiger partial charge in [0.2, 0.25) is 0 Å². The average Bonchev–Trinajstić information content (AvgIpc) is 3.04. The predicted octanol–water partition coefficient (Wildman–Crippen LogP) is 3.86. The van der Waals surface area contributed by atoms with Crippen molar-refractivity contribution in [2.45, 2.75) is 52.7 Å². The van der Waals surface area contributed by atoms with Gasteiger partial charge in [-0.2, -0.15) is 0 Å². The first-order valence-corrected chi connectivity index (χ1v) is 9.04. The molecular weight excluding hydrogens is 300 g/mol. The summed E-state index contributed by atoms with van der Waals surface area (Å²) in [5.41, 5.74) is 4.20. The molecule has 0 radical (unpaired) electrons. The molecule has 0 unspecified atom stereocenters. The van der Waals surface area contributed by atoms with E-state index in [1.807, 2.05) is 5.51 Å². The summed E-state index contributed by atoms with van der Waals surface area (Å²) in [5.74, 6) is 0.451. The van der Waals surface area contributed by atoms with Crippen LogP contribution in [0.15, 0.2) is 10.9 Å². The molecule has 2 heterocycles. The lowest BCUT2D eigenvalue weighted by Gasteiger charge is -2.13. The molecule has 0 aliphatic heterocycles. The van der Waals surface area contributed by atoms with Crippen molar-refractivity contribution >= 4 is 27.8 Å². The summed E-state index contributed by atoms with van der Waals surface area (Å²) in [6, 6.07) is 0.489. The number of rotatable bonds is 7. The Morgan fingerprint density at radius 2 is 2.05 bits per heavy atom. The van der Waals surface area contributed by atoms with Crippen molar-refractivity contribution in [2.75, 3.05) is 11.9 Å². The molecular formula is C15H24N4S2. The zero-order valence-corrected chi connectivity index (χ0v) is 15.0. The van der Waals surface area contributed by atoms with Crippen molar-refractivity contribution in [3.05, 3.63) is 27.2 Å². The minimum atomic E-state index is 0.451. The number of hydrogen-bond acceptors (Lipinski definition) is 6. The fourth-order valence-electron chi connectivity index (χ4n) is 2.01. The molecule has 2 aromatic rings. The molecule has 6 heteroatoms. The number of nitrogens with one attached hydrogen (secondary N) is 1. The van der Waals surface area contributed by atoms with Crippen LogP contribution in [0.25, 0.3) is 0 Å². The zero-order valence-electron chi connectivity index (χ0n) is 13.4. The largest absolute Gasteiger partial charge is 0.345 e. The monoisotopic (exact) mass is 324 g/mol. The lowest BCUT2D eigenvalue weighted by Crippen LogP contribution is -2.22. The van der Waals surface area contributed by atoms with Gasteiger partial charge in [0.15, 0.2) is 5.13 Å². The quantitative estimate of drug-likeness (QED) is 0.840. The number of hydrogen-bond donors (Lipinski definition) is 1. The van der Waals surface area contributed by atoms with Crippen molar-refractivity contribution in [1.29, 1.82) is 0 Å². The second-order valence-corrected chi connectivity index (χ2v) is 7.61. The highest BCUT2D eigenvalue weighted by molar-refractivity contribution is 7.15. The summed E-state index contributed by atoms with van der Waals surface area (Å²) >= 11 is 3.42. The molecule has 116 valence electrons. The number of anilines is 1. The summed E-state index contributed by atoms with van der Waals surface area (Å²) in [6.07, 6.45) is 0. The maximum Gasteiger partial charge on any atom is 0.185 e. The third kappa shape index (κ3) is 4.49. The third-order valence-corrected chi connectivity index (χ3v) is 4.96. The van der Waals surface area contributed by atoms with Gasteiger partial charge in [-0.05, 0) is 5.92 Å². The van der Waals surface area contributed by atoms with Gasteiger partial charge < -0.3 is 10.2 Å². The molecule has 0 saturated carbocycles. The molecule has 0 saturated heterocycles. The van der Waals surface area contributed by atoms with E-state index in [2.05, 4.69) is 55.3 Å². The molecule has 0 spiro atoms. The molecule has 21 heavy (non-hydrogen) atoms. The van der Waals surface area contributed by atoms with Crippen LogP contribution in [0.1, 0.15) is 49.9 Å². The minimum absolute atomic E-state index is 0.451. The average molecular weight is 325 g/mol. The van der Waals surface area contributed by atoms with Gasteiger partial charge in [-0.15, -0.1) is 22.7 Å². The Bertz CT molecular complexity index is 546. The van der Waals surface area contributed by atoms with Crippen LogP contribution < -0.4 is 10.2 Å². The van der Waals surface area contributed by atoms with E-state index in [9.17, 15) is 0 Å². The van der Waals surface area contributed by atoms with Crippen molar-refractivity contribution in [3.63, 3.8) is 0 Å². The van der Waals surface area contributed by atoms with Crippen LogP contribution in [0, 0.1) is 0 Å². The maximum atomic E-state index is 4.85. The van der Waals surface area contributed by atoms with E-state index in [1.165, 1.54) is 10.6 Å². The number of thiazole rings is 2. The van der Waals surface area contributed by atoms with E-state index >= 15 is 0 Å². The van der Waals surface area contributed by atoms with Crippen LogP contribution >= 0.6 is 22.7 Å². The van der Waals surface area contributed by atoms with Crippen LogP contribution in [-0.2, 0) is 13.1 Å². The molecule has 0 fully saturated rings. The molecule has 0 amide bonds. The standard InChI is InChI=1S/C15H24N4S2/c1-10(2)14-13(6-16-11(3)4)21-15(18-14)19(5)7-12-8-20-9-17-12/h8-11,16H,6-7H2,1-5H3. The molecule has 0 aromatic carbocycles. The Balaban J connectivity index is 2.13. The van der Waals surface area contributed by atoms with Gasteiger partial charge >= 0.3 is 0 Å². The lowest BCUT2D eigenvalue weighted by atomic mass is 10.1. The molecule has 0 bridgehead atoms. The second kappa shape index (κ2) is 7.33. The first kappa shape index (κ1) is 16.4. The van der Waals surface area contributed by atoms with Crippen LogP contribution in [-0.4, -0.2) is 23.1 Å². The highest BCUT2D eigenvalue weighted by atomic mass is 32.1. The Labute approximate surface area is 135 Å². The number of aromatic nitrogens is 2. The summed E-state index contributed by atoms with van der Waals surface area (Å²) < 4.78 is 0. The van der Waals surface area contributed by atoms with Crippen LogP contribution in [0.5, 0.6) is 0 Å². The summed E-state index contributed by atoms with van der Waals surface area (Å²) in [4.78, 5) is 12.7. The first-order valence-electron chi connectivity index (χ1n) is 7.28. The normalized spacial score (nSPS) is 11.6. The summed E-state index contributed by atoms with van der Waals surface area (Å²) in [6.45, 7) is 10.5. The van der Waals surface area contributed by atoms with Crippen LogP contribution in [0.2, 0.25) is 0 Å². The van der Waals surface area contributed by atoms with Gasteiger partial charge in [-0.3, -0.25) is 0 Å². The van der Waals surface area contributed by atoms with E-state index in [1.54, 1.807) is 22.7 Å². The third-order valence-electron chi connectivity index (χ3n) is 3.14. The van der Waals surface area contributed by atoms with Gasteiger partial charge in [0.1, 0.15) is 0 Å². The van der Waals surface area contributed by atoms with E-state index < -0.39 is 0 Å². The fourth-order valence-corrected chi connectivity index (χ4v) is 3.69. The van der Waals surface area contributed by atoms with E-state index in [0.717, 1.165) is 23.9 Å². The molecule has 2 rings (SSSR count). The highest BCUT2D eigenvalue weighted by Gasteiger charge is 2.17. The minimum Gasteiger partial charge on any atom is -0.345 e. The molecule has 4 nitrogen and oxygen atoms in total. The summed E-state index contributed by atoms with van der Waals surface area (Å²) in [5, 5.41) is 6.66.